The molecule has 0 aliphatic rings. The Morgan fingerprint density at radius 3 is 2.88 bits per heavy atom. The molecule has 0 radical (unpaired) electrons. The Bertz CT molecular complexity index is 56.9. The molecule has 0 aliphatic carbocycles. The van der Waals surface area contributed by atoms with Crippen molar-refractivity contribution in [2.45, 2.75) is 26.7 Å². The van der Waals surface area contributed by atoms with E-state index in [1.807, 2.05) is 0 Å². The minimum Gasteiger partial charge on any atom is -0.307 e. The fraction of sp³-hybridized carbons (Fsp3) is 1.00. The highest BCUT2D eigenvalue weighted by molar-refractivity contribution is 4.44. The maximum atomic E-state index is 6.93. The molecule has 0 aromatic rings. The molecule has 0 saturated carbocycles. The summed E-state index contributed by atoms with van der Waals surface area (Å²) in [5, 5.41) is 0. The molecule has 0 rings (SSSR count). The van der Waals surface area contributed by atoms with Crippen LogP contribution in [0.15, 0.2) is 0 Å². The molecule has 0 amide bonds. The molecule has 0 atom stereocenters. The van der Waals surface area contributed by atoms with Crippen LogP contribution in [0.5, 0.6) is 0 Å². The minimum absolute atomic E-state index is 0.528. The minimum atomic E-state index is 0.528. The molecule has 0 bridgehead atoms. The first-order valence-electron chi connectivity index (χ1n) is 3.99. The van der Waals surface area contributed by atoms with Gasteiger partial charge in [0.1, 0.15) is 0 Å². The van der Waals surface area contributed by atoms with Gasteiger partial charge in [-0.3, -0.25) is 0 Å². The Morgan fingerprint density at radius 1 is 1.62 bits per heavy atom. The van der Waals surface area contributed by atoms with E-state index < -0.39 is 0 Å². The molecule has 0 spiro atoms. The summed E-state index contributed by atoms with van der Waals surface area (Å²) in [5.41, 5.74) is 0. The maximum absolute atomic E-state index is 6.93. The van der Waals surface area contributed by atoms with Gasteiger partial charge in [0, 0.05) is 1.37 Å². The number of hydrogen-bond donors (Lipinski definition) is 0. The van der Waals surface area contributed by atoms with Crippen LogP contribution in [0, 0.1) is 0 Å². The van der Waals surface area contributed by atoms with Crippen molar-refractivity contribution in [3.05, 3.63) is 0 Å². The molecule has 0 fully saturated rings. The third kappa shape index (κ3) is 4.13. The van der Waals surface area contributed by atoms with Gasteiger partial charge in [-0.25, -0.2) is 0 Å². The third-order valence-corrected chi connectivity index (χ3v) is 1.28. The lowest BCUT2D eigenvalue weighted by Crippen LogP contribution is -2.18. The zero-order chi connectivity index (χ0) is 7.11. The van der Waals surface area contributed by atoms with Crippen LogP contribution < -0.4 is 0 Å². The van der Waals surface area contributed by atoms with Gasteiger partial charge in [-0.1, -0.05) is 20.2 Å². The Morgan fingerprint density at radius 2 is 2.38 bits per heavy atom. The van der Waals surface area contributed by atoms with Crippen LogP contribution in [-0.2, 0) is 0 Å². The molecule has 0 unspecified atom stereocenters. The van der Waals surface area contributed by atoms with E-state index in [4.69, 9.17) is 1.37 Å². The second-order valence-corrected chi connectivity index (χ2v) is 2.16. The predicted molar refractivity (Wildman–Crippen MR) is 38.1 cm³/mol. The van der Waals surface area contributed by atoms with Gasteiger partial charge < -0.3 is 4.90 Å². The van der Waals surface area contributed by atoms with Crippen LogP contribution in [0.1, 0.15) is 28.0 Å². The van der Waals surface area contributed by atoms with E-state index in [1.165, 1.54) is 12.8 Å². The highest BCUT2D eigenvalue weighted by Crippen LogP contribution is 1.89. The zero-order valence-corrected chi connectivity index (χ0v) is 5.98. The molecule has 0 aromatic carbocycles. The second-order valence-electron chi connectivity index (χ2n) is 2.16. The first-order chi connectivity index (χ1) is 4.31. The van der Waals surface area contributed by atoms with Crippen LogP contribution in [0.2, 0.25) is 0 Å². The third-order valence-electron chi connectivity index (χ3n) is 1.28. The fourth-order valence-corrected chi connectivity index (χ4v) is 0.540. The Labute approximate surface area is 54.1 Å². The van der Waals surface area contributed by atoms with E-state index in [0.717, 1.165) is 13.1 Å². The number of nitrogens with zero attached hydrogens (tertiary/aromatic N) is 1. The van der Waals surface area contributed by atoms with E-state index >= 15 is 0 Å². The molecular formula is C7H17N. The number of rotatable bonds is 4. The lowest BCUT2D eigenvalue weighted by molar-refractivity contribution is 0.346. The van der Waals surface area contributed by atoms with Crippen molar-refractivity contribution >= 4 is 0 Å². The predicted octanol–water partition coefficient (Wildman–Crippen LogP) is 1.74. The molecule has 0 N–H and O–H groups in total. The van der Waals surface area contributed by atoms with Gasteiger partial charge in [0.05, 0.1) is 0 Å². The van der Waals surface area contributed by atoms with Crippen molar-refractivity contribution in [2.24, 2.45) is 0 Å². The van der Waals surface area contributed by atoms with E-state index in [9.17, 15) is 0 Å². The number of hydrogen-bond acceptors (Lipinski definition) is 1. The standard InChI is InChI=1S/C7H17N/c1-4-6-7-8(3)5-2/h4-7H2,1-3H3/i2T. The fourth-order valence-electron chi connectivity index (χ4n) is 0.540. The highest BCUT2D eigenvalue weighted by Gasteiger charge is 1.89. The maximum Gasteiger partial charge on any atom is 0.0243 e. The second kappa shape index (κ2) is 5.10. The first kappa shape index (κ1) is 6.09. The topological polar surface area (TPSA) is 3.24 Å². The molecule has 1 nitrogen and oxygen atoms in total. The van der Waals surface area contributed by atoms with E-state index in [1.54, 1.807) is 0 Å². The summed E-state index contributed by atoms with van der Waals surface area (Å²) in [6.07, 6.45) is 2.51. The van der Waals surface area contributed by atoms with Gasteiger partial charge in [-0.15, -0.1) is 0 Å². The van der Waals surface area contributed by atoms with Crippen molar-refractivity contribution in [3.63, 3.8) is 0 Å². The van der Waals surface area contributed by atoms with Crippen LogP contribution >= 0.6 is 0 Å². The summed E-state index contributed by atoms with van der Waals surface area (Å²) in [7, 11) is 2.07. The van der Waals surface area contributed by atoms with Crippen molar-refractivity contribution in [3.8, 4) is 0 Å². The van der Waals surface area contributed by atoms with Crippen molar-refractivity contribution in [2.75, 3.05) is 20.1 Å². The zero-order valence-electron chi connectivity index (χ0n) is 6.98. The van der Waals surface area contributed by atoms with E-state index in [-0.39, 0.29) is 0 Å². The van der Waals surface area contributed by atoms with Crippen molar-refractivity contribution < 1.29 is 1.37 Å². The molecule has 0 aromatic heterocycles. The van der Waals surface area contributed by atoms with Crippen LogP contribution in [0.3, 0.4) is 0 Å². The van der Waals surface area contributed by atoms with Crippen molar-refractivity contribution in [1.29, 1.82) is 0 Å². The number of unbranched alkanes of at least 4 members (excludes halogenated alkanes) is 1. The molecule has 0 saturated heterocycles. The van der Waals surface area contributed by atoms with Gasteiger partial charge in [0.25, 0.3) is 0 Å². The Kier molecular flexibility index (Phi) is 3.88. The monoisotopic (exact) mass is 117 g/mol. The summed E-state index contributed by atoms with van der Waals surface area (Å²) in [5.74, 6) is 0. The quantitative estimate of drug-likeness (QED) is 0.542. The smallest absolute Gasteiger partial charge is 0.0243 e. The highest BCUT2D eigenvalue weighted by atomic mass is 15.1. The summed E-state index contributed by atoms with van der Waals surface area (Å²) in [4.78, 5) is 2.20. The molecule has 0 aliphatic heterocycles. The van der Waals surface area contributed by atoms with Gasteiger partial charge in [-0.2, -0.15) is 0 Å². The normalized spacial score (nSPS) is 12.1. The largest absolute Gasteiger partial charge is 0.307 e. The summed E-state index contributed by atoms with van der Waals surface area (Å²) < 4.78 is 6.93. The molecule has 8 heavy (non-hydrogen) atoms. The van der Waals surface area contributed by atoms with Gasteiger partial charge in [-0.05, 0) is 26.6 Å². The summed E-state index contributed by atoms with van der Waals surface area (Å²) >= 11 is 0. The molecule has 1 heteroatoms. The van der Waals surface area contributed by atoms with Crippen molar-refractivity contribution in [1.82, 2.24) is 4.90 Å². The lowest BCUT2D eigenvalue weighted by Gasteiger charge is -2.11. The summed E-state index contributed by atoms with van der Waals surface area (Å²) in [6, 6.07) is 0. The van der Waals surface area contributed by atoms with Crippen LogP contribution in [0.25, 0.3) is 0 Å². The molecular weight excluding hydrogens is 98.1 g/mol. The first-order valence-corrected chi connectivity index (χ1v) is 3.29. The Balaban J connectivity index is 2.95. The van der Waals surface area contributed by atoms with Crippen LogP contribution in [-0.4, -0.2) is 25.0 Å². The molecule has 0 heterocycles. The average molecular weight is 117 g/mol. The average Bonchev–Trinajstić information content (AvgIpc) is 1.85. The molecule has 50 valence electrons. The lowest BCUT2D eigenvalue weighted by atomic mass is 10.3. The van der Waals surface area contributed by atoms with Crippen LogP contribution in [0.4, 0.5) is 0 Å². The van der Waals surface area contributed by atoms with Gasteiger partial charge in [0.15, 0.2) is 0 Å². The van der Waals surface area contributed by atoms with E-state index in [2.05, 4.69) is 18.9 Å². The van der Waals surface area contributed by atoms with Gasteiger partial charge in [0.2, 0.25) is 0 Å². The summed E-state index contributed by atoms with van der Waals surface area (Å²) in [6.45, 7) is 4.78. The Hall–Kier alpha value is -0.0400. The van der Waals surface area contributed by atoms with Gasteiger partial charge >= 0.3 is 0 Å². The van der Waals surface area contributed by atoms with E-state index in [0.29, 0.717) is 6.90 Å². The SMILES string of the molecule is [3H]CCN(C)CCCC.